The number of ether oxygens (including phenoxy) is 2. The fourth-order valence-corrected chi connectivity index (χ4v) is 9.31. The third-order valence-corrected chi connectivity index (χ3v) is 11.1. The molecule has 1 N–H and O–H groups in total. The summed E-state index contributed by atoms with van der Waals surface area (Å²) in [5.74, 6) is 2.93. The van der Waals surface area contributed by atoms with E-state index in [4.69, 9.17) is 9.47 Å². The Morgan fingerprint density at radius 1 is 0.971 bits per heavy atom. The van der Waals surface area contributed by atoms with Gasteiger partial charge in [0.15, 0.2) is 0 Å². The minimum absolute atomic E-state index is 0.0271. The molecule has 0 aromatic rings. The molecule has 4 rings (SSSR count). The van der Waals surface area contributed by atoms with Crippen LogP contribution in [0.5, 0.6) is 0 Å². The highest BCUT2D eigenvalue weighted by Gasteiger charge is 2.63. The lowest BCUT2D eigenvalue weighted by Crippen LogP contribution is -2.58. The van der Waals surface area contributed by atoms with Crippen molar-refractivity contribution >= 4 is 11.9 Å². The molecule has 4 aliphatic carbocycles. The highest BCUT2D eigenvalue weighted by atomic mass is 16.5. The molecule has 4 fully saturated rings. The standard InChI is InChI=1S/C29H48O5/c1-6-25(31)34-20-12-14-28(4)19(16-20)17-24(30)27-22-10-9-21(29(22,5)15-13-23(27)28)18(3)8-11-26(32)33-7-2/h18-24,27,30H,6-17H2,1-5H3/t18-,19?,20-,21?,22?,23?,24-,27?,28+,29-/m1/s1. The van der Waals surface area contributed by atoms with Crippen LogP contribution < -0.4 is 0 Å². The van der Waals surface area contributed by atoms with Gasteiger partial charge in [0, 0.05) is 12.8 Å². The Kier molecular flexibility index (Phi) is 7.72. The van der Waals surface area contributed by atoms with Gasteiger partial charge in [-0.15, -0.1) is 0 Å². The molecule has 0 radical (unpaired) electrons. The summed E-state index contributed by atoms with van der Waals surface area (Å²) in [7, 11) is 0. The smallest absolute Gasteiger partial charge is 0.305 e. The van der Waals surface area contributed by atoms with Gasteiger partial charge in [-0.25, -0.2) is 0 Å². The van der Waals surface area contributed by atoms with Crippen molar-refractivity contribution in [3.63, 3.8) is 0 Å². The van der Waals surface area contributed by atoms with Gasteiger partial charge in [0.1, 0.15) is 6.10 Å². The Morgan fingerprint density at radius 3 is 2.38 bits per heavy atom. The number of aliphatic hydroxyl groups excluding tert-OH is 1. The Bertz CT molecular complexity index is 751. The summed E-state index contributed by atoms with van der Waals surface area (Å²) in [6.45, 7) is 11.5. The third kappa shape index (κ3) is 4.55. The molecule has 0 saturated heterocycles. The van der Waals surface area contributed by atoms with E-state index < -0.39 is 0 Å². The van der Waals surface area contributed by atoms with Crippen molar-refractivity contribution in [3.05, 3.63) is 0 Å². The van der Waals surface area contributed by atoms with E-state index in [0.29, 0.717) is 55.0 Å². The van der Waals surface area contributed by atoms with E-state index in [1.54, 1.807) is 0 Å². The Hall–Kier alpha value is -1.10. The van der Waals surface area contributed by atoms with Gasteiger partial charge in [-0.3, -0.25) is 9.59 Å². The highest BCUT2D eigenvalue weighted by molar-refractivity contribution is 5.69. The number of esters is 2. The molecule has 5 heteroatoms. The van der Waals surface area contributed by atoms with E-state index in [1.165, 1.54) is 25.7 Å². The van der Waals surface area contributed by atoms with E-state index >= 15 is 0 Å². The van der Waals surface area contributed by atoms with Gasteiger partial charge in [0.2, 0.25) is 0 Å². The summed E-state index contributed by atoms with van der Waals surface area (Å²) >= 11 is 0. The zero-order valence-electron chi connectivity index (χ0n) is 22.2. The monoisotopic (exact) mass is 476 g/mol. The van der Waals surface area contributed by atoms with Crippen LogP contribution in [0.3, 0.4) is 0 Å². The number of rotatable bonds is 7. The van der Waals surface area contributed by atoms with Crippen LogP contribution in [-0.2, 0) is 19.1 Å². The van der Waals surface area contributed by atoms with Crippen molar-refractivity contribution in [3.8, 4) is 0 Å². The minimum Gasteiger partial charge on any atom is -0.466 e. The van der Waals surface area contributed by atoms with Crippen LogP contribution in [0.1, 0.15) is 105 Å². The molecule has 0 amide bonds. The van der Waals surface area contributed by atoms with Gasteiger partial charge in [-0.05, 0) is 111 Å². The van der Waals surface area contributed by atoms with Crippen molar-refractivity contribution in [2.24, 2.45) is 46.3 Å². The molecule has 194 valence electrons. The number of fused-ring (bicyclic) bond motifs is 5. The van der Waals surface area contributed by atoms with Gasteiger partial charge in [-0.1, -0.05) is 27.7 Å². The molecule has 0 bridgehead atoms. The molecular weight excluding hydrogens is 428 g/mol. The summed E-state index contributed by atoms with van der Waals surface area (Å²) < 4.78 is 10.9. The Balaban J connectivity index is 1.46. The maximum absolute atomic E-state index is 11.9. The molecule has 0 aliphatic heterocycles. The predicted molar refractivity (Wildman–Crippen MR) is 132 cm³/mol. The molecule has 0 heterocycles. The average molecular weight is 477 g/mol. The third-order valence-electron chi connectivity index (χ3n) is 11.1. The Morgan fingerprint density at radius 2 is 1.68 bits per heavy atom. The molecule has 5 nitrogen and oxygen atoms in total. The number of carbonyl (C=O) groups excluding carboxylic acids is 2. The molecular formula is C29H48O5. The van der Waals surface area contributed by atoms with E-state index in [9.17, 15) is 14.7 Å². The van der Waals surface area contributed by atoms with Crippen molar-refractivity contribution in [2.45, 2.75) is 117 Å². The van der Waals surface area contributed by atoms with Crippen molar-refractivity contribution in [2.75, 3.05) is 6.61 Å². The van der Waals surface area contributed by atoms with Crippen LogP contribution in [0.15, 0.2) is 0 Å². The summed E-state index contributed by atoms with van der Waals surface area (Å²) in [5, 5.41) is 11.5. The summed E-state index contributed by atoms with van der Waals surface area (Å²) in [6, 6.07) is 0. The summed E-state index contributed by atoms with van der Waals surface area (Å²) in [4.78, 5) is 23.8. The molecule has 4 saturated carbocycles. The Labute approximate surface area is 206 Å². The number of hydrogen-bond acceptors (Lipinski definition) is 5. The lowest BCUT2D eigenvalue weighted by atomic mass is 9.43. The van der Waals surface area contributed by atoms with Crippen molar-refractivity contribution < 1.29 is 24.2 Å². The van der Waals surface area contributed by atoms with Gasteiger partial charge in [-0.2, -0.15) is 0 Å². The first-order valence-corrected chi connectivity index (χ1v) is 14.2. The highest BCUT2D eigenvalue weighted by Crippen LogP contribution is 2.68. The summed E-state index contributed by atoms with van der Waals surface area (Å²) in [5.41, 5.74) is 0.501. The zero-order valence-corrected chi connectivity index (χ0v) is 22.2. The second-order valence-electron chi connectivity index (χ2n) is 12.6. The SMILES string of the molecule is CCOC(=O)CC[C@@H](C)C1CCC2C3C(CC[C@@]21C)[C@@]1(C)CC[C@@H](OC(=O)CC)CC1C[C@H]3O. The number of aliphatic hydroxyl groups is 1. The van der Waals surface area contributed by atoms with E-state index in [-0.39, 0.29) is 35.0 Å². The fraction of sp³-hybridized carbons (Fsp3) is 0.931. The zero-order chi connectivity index (χ0) is 24.7. The lowest BCUT2D eigenvalue weighted by Gasteiger charge is -2.62. The van der Waals surface area contributed by atoms with E-state index in [1.807, 2.05) is 13.8 Å². The van der Waals surface area contributed by atoms with Crippen LogP contribution in [-0.4, -0.2) is 35.9 Å². The lowest BCUT2D eigenvalue weighted by molar-refractivity contribution is -0.182. The first-order chi connectivity index (χ1) is 16.1. The van der Waals surface area contributed by atoms with E-state index in [0.717, 1.165) is 32.1 Å². The second-order valence-corrected chi connectivity index (χ2v) is 12.6. The largest absolute Gasteiger partial charge is 0.466 e. The molecule has 0 spiro atoms. The van der Waals surface area contributed by atoms with Crippen LogP contribution in [0.2, 0.25) is 0 Å². The molecule has 10 atom stereocenters. The van der Waals surface area contributed by atoms with Crippen LogP contribution in [0, 0.1) is 46.3 Å². The fourth-order valence-electron chi connectivity index (χ4n) is 9.31. The number of hydrogen-bond donors (Lipinski definition) is 1. The quantitative estimate of drug-likeness (QED) is 0.462. The first-order valence-electron chi connectivity index (χ1n) is 14.2. The average Bonchev–Trinajstić information content (AvgIpc) is 3.15. The van der Waals surface area contributed by atoms with Gasteiger partial charge >= 0.3 is 11.9 Å². The maximum atomic E-state index is 11.9. The molecule has 34 heavy (non-hydrogen) atoms. The van der Waals surface area contributed by atoms with Gasteiger partial charge in [0.25, 0.3) is 0 Å². The van der Waals surface area contributed by atoms with Crippen LogP contribution in [0.25, 0.3) is 0 Å². The molecule has 4 aliphatic rings. The number of carbonyl (C=O) groups is 2. The summed E-state index contributed by atoms with van der Waals surface area (Å²) in [6.07, 6.45) is 10.3. The molecule has 5 unspecified atom stereocenters. The minimum atomic E-state index is -0.248. The molecule has 0 aromatic heterocycles. The van der Waals surface area contributed by atoms with Gasteiger partial charge in [0.05, 0.1) is 12.7 Å². The van der Waals surface area contributed by atoms with Crippen LogP contribution >= 0.6 is 0 Å². The molecule has 0 aromatic carbocycles. The maximum Gasteiger partial charge on any atom is 0.305 e. The van der Waals surface area contributed by atoms with Gasteiger partial charge < -0.3 is 14.6 Å². The van der Waals surface area contributed by atoms with E-state index in [2.05, 4.69) is 20.8 Å². The van der Waals surface area contributed by atoms with Crippen molar-refractivity contribution in [1.29, 1.82) is 0 Å². The first kappa shape index (κ1) is 26.0. The normalized spacial score (nSPS) is 44.4. The van der Waals surface area contributed by atoms with Crippen LogP contribution in [0.4, 0.5) is 0 Å². The second kappa shape index (κ2) is 10.1. The topological polar surface area (TPSA) is 72.8 Å². The van der Waals surface area contributed by atoms with Crippen molar-refractivity contribution in [1.82, 2.24) is 0 Å². The predicted octanol–water partition coefficient (Wildman–Crippen LogP) is 5.92.